The van der Waals surface area contributed by atoms with E-state index >= 15 is 0 Å². The number of nitrogen functional groups attached to an aromatic ring is 1. The molecule has 2 saturated heterocycles. The van der Waals surface area contributed by atoms with Crippen LogP contribution in [0.1, 0.15) is 16.7 Å². The fourth-order valence-corrected chi connectivity index (χ4v) is 6.85. The number of ether oxygens (including phenoxy) is 1. The van der Waals surface area contributed by atoms with Gasteiger partial charge in [0.15, 0.2) is 5.13 Å². The van der Waals surface area contributed by atoms with Gasteiger partial charge in [-0.05, 0) is 34.9 Å². The summed E-state index contributed by atoms with van der Waals surface area (Å²) in [5.41, 5.74) is 9.12. The normalized spacial score (nSPS) is 17.5. The maximum Gasteiger partial charge on any atom is 0.414 e. The highest BCUT2D eigenvalue weighted by molar-refractivity contribution is 7.22. The summed E-state index contributed by atoms with van der Waals surface area (Å²) in [5, 5.41) is 15.8. The first-order valence-electron chi connectivity index (χ1n) is 15.6. The highest BCUT2D eigenvalue weighted by Crippen LogP contribution is 2.32. The van der Waals surface area contributed by atoms with Crippen LogP contribution in [0.25, 0.3) is 10.2 Å². The molecular weight excluding hydrogens is 646 g/mol. The van der Waals surface area contributed by atoms with Gasteiger partial charge in [-0.1, -0.05) is 65.9 Å². The van der Waals surface area contributed by atoms with Gasteiger partial charge in [0.1, 0.15) is 24.5 Å². The van der Waals surface area contributed by atoms with Crippen molar-refractivity contribution in [3.8, 4) is 11.8 Å². The van der Waals surface area contributed by atoms with E-state index in [4.69, 9.17) is 10.5 Å². The molecule has 252 valence electrons. The quantitative estimate of drug-likeness (QED) is 0.252. The molecule has 3 N–H and O–H groups in total. The lowest BCUT2D eigenvalue weighted by Crippen LogP contribution is -2.66. The molecule has 0 spiro atoms. The van der Waals surface area contributed by atoms with E-state index in [1.165, 1.54) is 26.1 Å². The third-order valence-electron chi connectivity index (χ3n) is 8.42. The van der Waals surface area contributed by atoms with E-state index in [0.29, 0.717) is 16.4 Å². The van der Waals surface area contributed by atoms with E-state index in [2.05, 4.69) is 10.3 Å². The molecule has 3 heterocycles. The van der Waals surface area contributed by atoms with Crippen molar-refractivity contribution in [2.75, 3.05) is 39.5 Å². The summed E-state index contributed by atoms with van der Waals surface area (Å²) in [6.07, 6.45) is -1.09. The van der Waals surface area contributed by atoms with Crippen LogP contribution in [-0.2, 0) is 29.1 Å². The summed E-state index contributed by atoms with van der Waals surface area (Å²) in [4.78, 5) is 62.6. The molecule has 49 heavy (non-hydrogen) atoms. The SMILES string of the molecule is CN(C)C(=O)Oc1ccc(C[C@H]2C(=O)N(Cc3cccc4sc(N)nc34)C[C@H]3N2C(=O)CN3N(CC#N)C(=O)NCc2ccccc2)cc1. The van der Waals surface area contributed by atoms with E-state index in [1.54, 1.807) is 48.3 Å². The fourth-order valence-electron chi connectivity index (χ4n) is 6.07. The minimum atomic E-state index is -0.914. The van der Waals surface area contributed by atoms with Crippen molar-refractivity contribution < 1.29 is 23.9 Å². The molecule has 0 saturated carbocycles. The third-order valence-corrected chi connectivity index (χ3v) is 9.27. The number of piperazine rings is 1. The molecule has 2 fully saturated rings. The zero-order valence-electron chi connectivity index (χ0n) is 27.0. The van der Waals surface area contributed by atoms with Gasteiger partial charge in [-0.15, -0.1) is 0 Å². The molecule has 0 unspecified atom stereocenters. The van der Waals surface area contributed by atoms with Crippen LogP contribution in [0.15, 0.2) is 72.8 Å². The summed E-state index contributed by atoms with van der Waals surface area (Å²) >= 11 is 1.36. The molecule has 0 bridgehead atoms. The number of aromatic nitrogens is 1. The number of carbonyl (C=O) groups is 4. The van der Waals surface area contributed by atoms with Gasteiger partial charge in [-0.3, -0.25) is 9.59 Å². The Morgan fingerprint density at radius 2 is 1.82 bits per heavy atom. The molecule has 2 aliphatic rings. The van der Waals surface area contributed by atoms with Crippen molar-refractivity contribution in [1.29, 1.82) is 5.26 Å². The Balaban J connectivity index is 1.30. The predicted molar refractivity (Wildman–Crippen MR) is 181 cm³/mol. The number of nitriles is 1. The lowest BCUT2D eigenvalue weighted by atomic mass is 9.99. The summed E-state index contributed by atoms with van der Waals surface area (Å²) in [7, 11) is 3.16. The number of hydrazine groups is 1. The first kappa shape index (κ1) is 33.2. The Hall–Kier alpha value is -5.72. The average Bonchev–Trinajstić information content (AvgIpc) is 3.64. The van der Waals surface area contributed by atoms with Crippen LogP contribution in [0.3, 0.4) is 0 Å². The minimum Gasteiger partial charge on any atom is -0.410 e. The summed E-state index contributed by atoms with van der Waals surface area (Å²) in [6.45, 7) is 0.0118. The summed E-state index contributed by atoms with van der Waals surface area (Å²) in [5.74, 6) is -0.271. The van der Waals surface area contributed by atoms with Crippen molar-refractivity contribution >= 4 is 50.6 Å². The molecule has 1 aromatic heterocycles. The van der Waals surface area contributed by atoms with E-state index in [-0.39, 0.29) is 51.0 Å². The van der Waals surface area contributed by atoms with Gasteiger partial charge in [0.25, 0.3) is 0 Å². The number of para-hydroxylation sites is 1. The molecule has 14 nitrogen and oxygen atoms in total. The van der Waals surface area contributed by atoms with Crippen LogP contribution < -0.4 is 15.8 Å². The van der Waals surface area contributed by atoms with E-state index < -0.39 is 24.3 Å². The number of hydrogen-bond donors (Lipinski definition) is 2. The number of amides is 5. The monoisotopic (exact) mass is 681 g/mol. The van der Waals surface area contributed by atoms with Gasteiger partial charge in [0.2, 0.25) is 11.8 Å². The largest absolute Gasteiger partial charge is 0.414 e. The second-order valence-corrected chi connectivity index (χ2v) is 13.0. The number of anilines is 1. The van der Waals surface area contributed by atoms with Crippen LogP contribution in [0.5, 0.6) is 5.75 Å². The minimum absolute atomic E-state index is 0.0877. The van der Waals surface area contributed by atoms with Crippen molar-refractivity contribution in [2.24, 2.45) is 0 Å². The lowest BCUT2D eigenvalue weighted by Gasteiger charge is -2.46. The van der Waals surface area contributed by atoms with Crippen molar-refractivity contribution in [2.45, 2.75) is 31.7 Å². The first-order chi connectivity index (χ1) is 23.6. The molecule has 0 radical (unpaired) electrons. The maximum absolute atomic E-state index is 14.3. The molecule has 2 atom stereocenters. The molecule has 4 aromatic rings. The highest BCUT2D eigenvalue weighted by atomic mass is 32.1. The Labute approximate surface area is 286 Å². The Morgan fingerprint density at radius 3 is 2.53 bits per heavy atom. The number of nitrogens with one attached hydrogen (secondary N) is 1. The number of carbonyl (C=O) groups excluding carboxylic acids is 4. The first-order valence-corrected chi connectivity index (χ1v) is 16.4. The number of benzene rings is 3. The molecule has 0 aliphatic carbocycles. The number of hydrogen-bond acceptors (Lipinski definition) is 10. The second kappa shape index (κ2) is 14.2. The number of fused-ring (bicyclic) bond motifs is 2. The highest BCUT2D eigenvalue weighted by Gasteiger charge is 2.52. The molecule has 2 aliphatic heterocycles. The smallest absolute Gasteiger partial charge is 0.410 e. The van der Waals surface area contributed by atoms with Crippen molar-refractivity contribution in [3.63, 3.8) is 0 Å². The van der Waals surface area contributed by atoms with Gasteiger partial charge in [0.05, 0.1) is 29.4 Å². The van der Waals surface area contributed by atoms with Crippen LogP contribution >= 0.6 is 11.3 Å². The van der Waals surface area contributed by atoms with Gasteiger partial charge >= 0.3 is 12.1 Å². The predicted octanol–water partition coefficient (Wildman–Crippen LogP) is 3.01. The van der Waals surface area contributed by atoms with Gasteiger partial charge in [-0.2, -0.15) is 10.3 Å². The molecular formula is C34H35N9O5S. The van der Waals surface area contributed by atoms with Crippen LogP contribution in [0.2, 0.25) is 0 Å². The molecule has 6 rings (SSSR count). The van der Waals surface area contributed by atoms with Crippen LogP contribution in [0, 0.1) is 11.3 Å². The van der Waals surface area contributed by atoms with E-state index in [0.717, 1.165) is 21.4 Å². The fraction of sp³-hybridized carbons (Fsp3) is 0.294. The maximum atomic E-state index is 14.3. The van der Waals surface area contributed by atoms with Crippen LogP contribution in [-0.4, -0.2) is 99.6 Å². The molecule has 3 aromatic carbocycles. The Kier molecular flexibility index (Phi) is 9.61. The average molecular weight is 682 g/mol. The number of nitrogens with two attached hydrogens (primary N) is 1. The van der Waals surface area contributed by atoms with Gasteiger partial charge < -0.3 is 30.5 Å². The third kappa shape index (κ3) is 7.10. The van der Waals surface area contributed by atoms with Crippen molar-refractivity contribution in [1.82, 2.24) is 35.0 Å². The topological polar surface area (TPSA) is 168 Å². The van der Waals surface area contributed by atoms with E-state index in [9.17, 15) is 24.4 Å². The second-order valence-electron chi connectivity index (χ2n) is 11.9. The number of rotatable bonds is 9. The zero-order chi connectivity index (χ0) is 34.7. The van der Waals surface area contributed by atoms with E-state index in [1.807, 2.05) is 54.6 Å². The van der Waals surface area contributed by atoms with Gasteiger partial charge in [-0.25, -0.2) is 19.6 Å². The number of thiazole rings is 1. The van der Waals surface area contributed by atoms with Crippen molar-refractivity contribution in [3.05, 3.63) is 89.5 Å². The standard InChI is InChI=1S/C34H35N9O5S/c1-39(2)34(47)48-25-13-11-22(12-14-25)17-26-31(45)40(19-24-9-6-10-27-30(24)38-32(36)49-27)20-28-42(21-29(44)43(26)28)41(16-15-35)33(46)37-18-23-7-4-3-5-8-23/h3-14,26,28H,16-21H2,1-2H3,(H2,36,38)(H,37,46)/t26-,28+/m0/s1. The Bertz CT molecular complexity index is 1910. The van der Waals surface area contributed by atoms with Crippen LogP contribution in [0.4, 0.5) is 14.7 Å². The Morgan fingerprint density at radius 1 is 1.06 bits per heavy atom. The number of urea groups is 1. The summed E-state index contributed by atoms with van der Waals surface area (Å²) in [6, 6.07) is 22.4. The summed E-state index contributed by atoms with van der Waals surface area (Å²) < 4.78 is 6.23. The number of nitrogens with zero attached hydrogens (tertiary/aromatic N) is 7. The molecule has 15 heteroatoms. The lowest BCUT2D eigenvalue weighted by molar-refractivity contribution is -0.157. The zero-order valence-corrected chi connectivity index (χ0v) is 27.8. The van der Waals surface area contributed by atoms with Gasteiger partial charge in [0, 0.05) is 33.6 Å². The molecule has 5 amide bonds.